The number of hydrogen-bond acceptors (Lipinski definition) is 3. The lowest BCUT2D eigenvalue weighted by Gasteiger charge is -2.07. The predicted molar refractivity (Wildman–Crippen MR) is 70.9 cm³/mol. The summed E-state index contributed by atoms with van der Waals surface area (Å²) in [5.41, 5.74) is 2.15. The van der Waals surface area contributed by atoms with E-state index in [4.69, 9.17) is 0 Å². The van der Waals surface area contributed by atoms with Crippen LogP contribution < -0.4 is 5.46 Å². The normalized spacial score (nSPS) is 10.2. The Labute approximate surface area is 106 Å². The van der Waals surface area contributed by atoms with E-state index in [1.54, 1.807) is 30.3 Å². The third-order valence-electron chi connectivity index (χ3n) is 2.80. The van der Waals surface area contributed by atoms with Crippen LogP contribution in [-0.2, 0) is 0 Å². The molecule has 2 aromatic rings. The Bertz CT molecular complexity index is 562. The Morgan fingerprint density at radius 2 is 1.61 bits per heavy atom. The summed E-state index contributed by atoms with van der Waals surface area (Å²) < 4.78 is 0. The van der Waals surface area contributed by atoms with E-state index in [0.717, 1.165) is 5.56 Å². The van der Waals surface area contributed by atoms with Crippen LogP contribution >= 0.6 is 0 Å². The topological polar surface area (TPSA) is 57.5 Å². The van der Waals surface area contributed by atoms with Gasteiger partial charge in [-0.2, -0.15) is 0 Å². The lowest BCUT2D eigenvalue weighted by molar-refractivity contribution is 0.103. The van der Waals surface area contributed by atoms with Gasteiger partial charge in [-0.05, 0) is 12.4 Å². The van der Waals surface area contributed by atoms with Crippen LogP contribution in [0.15, 0.2) is 48.5 Å². The van der Waals surface area contributed by atoms with Crippen molar-refractivity contribution in [3.05, 3.63) is 65.2 Å². The molecule has 0 spiro atoms. The molecule has 0 aromatic heterocycles. The first-order valence-corrected chi connectivity index (χ1v) is 5.66. The fourth-order valence-corrected chi connectivity index (χ4v) is 1.79. The van der Waals surface area contributed by atoms with Gasteiger partial charge in [-0.3, -0.25) is 4.79 Å². The zero-order valence-corrected chi connectivity index (χ0v) is 10.00. The second-order valence-corrected chi connectivity index (χ2v) is 4.16. The van der Waals surface area contributed by atoms with Crippen LogP contribution in [0.2, 0.25) is 0 Å². The van der Waals surface area contributed by atoms with Gasteiger partial charge in [-0.15, -0.1) is 0 Å². The van der Waals surface area contributed by atoms with Crippen molar-refractivity contribution in [3.8, 4) is 0 Å². The maximum atomic E-state index is 12.3. The molecule has 0 heterocycles. The highest BCUT2D eigenvalue weighted by molar-refractivity contribution is 6.60. The van der Waals surface area contributed by atoms with E-state index in [0.29, 0.717) is 11.1 Å². The zero-order valence-electron chi connectivity index (χ0n) is 10.00. The van der Waals surface area contributed by atoms with Crippen LogP contribution in [0.25, 0.3) is 0 Å². The zero-order chi connectivity index (χ0) is 13.1. The van der Waals surface area contributed by atoms with Gasteiger partial charge in [-0.25, -0.2) is 0 Å². The van der Waals surface area contributed by atoms with Gasteiger partial charge >= 0.3 is 7.12 Å². The molecular weight excluding hydrogens is 227 g/mol. The monoisotopic (exact) mass is 240 g/mol. The molecule has 0 atom stereocenters. The van der Waals surface area contributed by atoms with E-state index in [-0.39, 0.29) is 11.2 Å². The molecule has 0 fully saturated rings. The smallest absolute Gasteiger partial charge is 0.423 e. The highest BCUT2D eigenvalue weighted by Crippen LogP contribution is 2.09. The molecule has 0 saturated carbocycles. The Kier molecular flexibility index (Phi) is 3.60. The first-order valence-electron chi connectivity index (χ1n) is 5.66. The summed E-state index contributed by atoms with van der Waals surface area (Å²) in [6.45, 7) is 1.94. The number of hydrogen-bond donors (Lipinski definition) is 2. The molecule has 0 bridgehead atoms. The summed E-state index contributed by atoms with van der Waals surface area (Å²) >= 11 is 0. The lowest BCUT2D eigenvalue weighted by atomic mass is 9.75. The molecule has 0 aliphatic rings. The minimum absolute atomic E-state index is 0.210. The highest BCUT2D eigenvalue weighted by Gasteiger charge is 2.20. The van der Waals surface area contributed by atoms with E-state index in [9.17, 15) is 14.8 Å². The largest absolute Gasteiger partial charge is 0.489 e. The van der Waals surface area contributed by atoms with E-state index in [2.05, 4.69) is 0 Å². The van der Waals surface area contributed by atoms with Crippen molar-refractivity contribution in [2.75, 3.05) is 0 Å². The number of carbonyl (C=O) groups is 1. The minimum atomic E-state index is -1.64. The van der Waals surface area contributed by atoms with E-state index in [1.807, 2.05) is 19.1 Å². The molecule has 2 aromatic carbocycles. The van der Waals surface area contributed by atoms with Crippen molar-refractivity contribution in [1.82, 2.24) is 0 Å². The highest BCUT2D eigenvalue weighted by atomic mass is 16.4. The Morgan fingerprint density at radius 1 is 1.00 bits per heavy atom. The molecule has 4 heteroatoms. The molecule has 90 valence electrons. The van der Waals surface area contributed by atoms with Gasteiger partial charge in [-0.1, -0.05) is 54.1 Å². The van der Waals surface area contributed by atoms with Crippen molar-refractivity contribution in [1.29, 1.82) is 0 Å². The first kappa shape index (κ1) is 12.5. The van der Waals surface area contributed by atoms with Gasteiger partial charge in [0.05, 0.1) is 0 Å². The number of benzene rings is 2. The van der Waals surface area contributed by atoms with Crippen LogP contribution in [-0.4, -0.2) is 22.9 Å². The van der Waals surface area contributed by atoms with Gasteiger partial charge in [0.1, 0.15) is 0 Å². The molecule has 2 N–H and O–H groups in total. The number of carbonyl (C=O) groups excluding carboxylic acids is 1. The molecule has 0 unspecified atom stereocenters. The standard InChI is InChI=1S/C14H13BO3/c1-10-6-8-11(9-7-10)14(16)12-4-2-3-5-13(12)15(17)18/h2-9,17-18H,1H3. The van der Waals surface area contributed by atoms with Crippen molar-refractivity contribution < 1.29 is 14.8 Å². The van der Waals surface area contributed by atoms with Crippen LogP contribution in [0, 0.1) is 6.92 Å². The maximum absolute atomic E-state index is 12.3. The Hall–Kier alpha value is -1.91. The lowest BCUT2D eigenvalue weighted by Crippen LogP contribution is -2.34. The molecule has 0 radical (unpaired) electrons. The van der Waals surface area contributed by atoms with Gasteiger partial charge in [0.15, 0.2) is 5.78 Å². The maximum Gasteiger partial charge on any atom is 0.489 e. The number of rotatable bonds is 3. The number of aryl methyl sites for hydroxylation is 1. The Morgan fingerprint density at radius 3 is 2.22 bits per heavy atom. The molecular formula is C14H13BO3. The summed E-state index contributed by atoms with van der Waals surface area (Å²) in [6.07, 6.45) is 0. The quantitative estimate of drug-likeness (QED) is 0.619. The minimum Gasteiger partial charge on any atom is -0.423 e. The van der Waals surface area contributed by atoms with Crippen LogP contribution in [0.1, 0.15) is 21.5 Å². The van der Waals surface area contributed by atoms with Gasteiger partial charge in [0, 0.05) is 11.1 Å². The van der Waals surface area contributed by atoms with E-state index in [1.165, 1.54) is 6.07 Å². The summed E-state index contributed by atoms with van der Waals surface area (Å²) in [6, 6.07) is 13.7. The van der Waals surface area contributed by atoms with Gasteiger partial charge < -0.3 is 10.0 Å². The first-order chi connectivity index (χ1) is 8.59. The molecule has 2 rings (SSSR count). The fraction of sp³-hybridized carbons (Fsp3) is 0.0714. The molecule has 0 aliphatic heterocycles. The molecule has 18 heavy (non-hydrogen) atoms. The van der Waals surface area contributed by atoms with Crippen molar-refractivity contribution in [2.24, 2.45) is 0 Å². The molecule has 0 saturated heterocycles. The van der Waals surface area contributed by atoms with Crippen molar-refractivity contribution in [3.63, 3.8) is 0 Å². The van der Waals surface area contributed by atoms with E-state index >= 15 is 0 Å². The van der Waals surface area contributed by atoms with Crippen LogP contribution in [0.3, 0.4) is 0 Å². The van der Waals surface area contributed by atoms with Gasteiger partial charge in [0.25, 0.3) is 0 Å². The molecule has 0 aliphatic carbocycles. The summed E-state index contributed by atoms with van der Waals surface area (Å²) in [4.78, 5) is 12.3. The fourth-order valence-electron chi connectivity index (χ4n) is 1.79. The van der Waals surface area contributed by atoms with Crippen LogP contribution in [0.4, 0.5) is 0 Å². The summed E-state index contributed by atoms with van der Waals surface area (Å²) in [7, 11) is -1.64. The van der Waals surface area contributed by atoms with Crippen molar-refractivity contribution >= 4 is 18.4 Å². The second kappa shape index (κ2) is 5.17. The predicted octanol–water partition coefficient (Wildman–Crippen LogP) is 0.906. The third-order valence-corrected chi connectivity index (χ3v) is 2.80. The number of ketones is 1. The summed E-state index contributed by atoms with van der Waals surface area (Å²) in [5, 5.41) is 18.5. The van der Waals surface area contributed by atoms with E-state index < -0.39 is 7.12 Å². The second-order valence-electron chi connectivity index (χ2n) is 4.16. The van der Waals surface area contributed by atoms with Crippen molar-refractivity contribution in [2.45, 2.75) is 6.92 Å². The van der Waals surface area contributed by atoms with Gasteiger partial charge in [0.2, 0.25) is 0 Å². The third kappa shape index (κ3) is 2.50. The molecule has 0 amide bonds. The summed E-state index contributed by atoms with van der Waals surface area (Å²) in [5.74, 6) is -0.210. The Balaban J connectivity index is 2.43. The average molecular weight is 240 g/mol. The average Bonchev–Trinajstić information content (AvgIpc) is 2.39. The molecule has 3 nitrogen and oxygen atoms in total. The van der Waals surface area contributed by atoms with Crippen LogP contribution in [0.5, 0.6) is 0 Å². The SMILES string of the molecule is Cc1ccc(C(=O)c2ccccc2B(O)O)cc1.